The van der Waals surface area contributed by atoms with Crippen LogP contribution in [0.2, 0.25) is 0 Å². The zero-order valence-electron chi connectivity index (χ0n) is 13.5. The minimum absolute atomic E-state index is 0.153. The summed E-state index contributed by atoms with van der Waals surface area (Å²) in [7, 11) is 0. The Morgan fingerprint density at radius 1 is 1.08 bits per heavy atom. The van der Waals surface area contributed by atoms with E-state index in [0.29, 0.717) is 22.5 Å². The molecule has 26 heavy (non-hydrogen) atoms. The van der Waals surface area contributed by atoms with Crippen LogP contribution in [0.1, 0.15) is 0 Å². The van der Waals surface area contributed by atoms with Crippen LogP contribution >= 0.6 is 0 Å². The van der Waals surface area contributed by atoms with Gasteiger partial charge in [0.15, 0.2) is 0 Å². The molecule has 128 valence electrons. The number of nitrogens with zero attached hydrogens (tertiary/aromatic N) is 6. The molecule has 0 fully saturated rings. The number of anilines is 1. The van der Waals surface area contributed by atoms with Crippen molar-refractivity contribution >= 4 is 22.5 Å². The van der Waals surface area contributed by atoms with Gasteiger partial charge >= 0.3 is 0 Å². The third-order valence-electron chi connectivity index (χ3n) is 3.70. The maximum atomic E-state index is 12.4. The second-order valence-corrected chi connectivity index (χ2v) is 5.48. The predicted octanol–water partition coefficient (Wildman–Crippen LogP) is 1.01. The molecule has 9 nitrogen and oxygen atoms in total. The standard InChI is InChI=1S/C17H13N7O2/c25-15(9-24-11-21-14-4-2-1-3-13(14)16(24)26)22-12-7-19-17(20-8-12)23-6-5-18-10-23/h1-8,10-11H,9H2,(H,22,25). The van der Waals surface area contributed by atoms with E-state index in [-0.39, 0.29) is 18.0 Å². The number of benzene rings is 1. The zero-order valence-corrected chi connectivity index (χ0v) is 13.5. The van der Waals surface area contributed by atoms with Crippen molar-refractivity contribution in [1.29, 1.82) is 0 Å². The normalized spacial score (nSPS) is 10.8. The van der Waals surface area contributed by atoms with Gasteiger partial charge in [0, 0.05) is 12.4 Å². The van der Waals surface area contributed by atoms with Crippen LogP contribution in [0.3, 0.4) is 0 Å². The van der Waals surface area contributed by atoms with Gasteiger partial charge < -0.3 is 5.32 Å². The van der Waals surface area contributed by atoms with Crippen molar-refractivity contribution in [2.75, 3.05) is 5.32 Å². The van der Waals surface area contributed by atoms with Gasteiger partial charge in [0.25, 0.3) is 5.56 Å². The van der Waals surface area contributed by atoms with E-state index in [1.165, 1.54) is 23.3 Å². The fourth-order valence-electron chi connectivity index (χ4n) is 2.47. The van der Waals surface area contributed by atoms with E-state index in [1.54, 1.807) is 47.6 Å². The van der Waals surface area contributed by atoms with Gasteiger partial charge in [-0.3, -0.25) is 18.7 Å². The Labute approximate surface area is 147 Å². The van der Waals surface area contributed by atoms with Gasteiger partial charge in [-0.2, -0.15) is 0 Å². The first kappa shape index (κ1) is 15.6. The Kier molecular flexibility index (Phi) is 3.94. The van der Waals surface area contributed by atoms with Crippen molar-refractivity contribution in [3.05, 3.63) is 72.1 Å². The van der Waals surface area contributed by atoms with E-state index < -0.39 is 0 Å². The van der Waals surface area contributed by atoms with Gasteiger partial charge in [-0.05, 0) is 12.1 Å². The second kappa shape index (κ2) is 6.55. The molecule has 0 unspecified atom stereocenters. The van der Waals surface area contributed by atoms with E-state index in [2.05, 4.69) is 25.3 Å². The molecule has 0 radical (unpaired) electrons. The summed E-state index contributed by atoms with van der Waals surface area (Å²) in [6.07, 6.45) is 9.25. The molecular formula is C17H13N7O2. The van der Waals surface area contributed by atoms with Gasteiger partial charge in [0.2, 0.25) is 11.9 Å². The molecule has 3 aromatic heterocycles. The topological polar surface area (TPSA) is 108 Å². The number of amides is 1. The average Bonchev–Trinajstić information content (AvgIpc) is 3.20. The molecule has 0 atom stereocenters. The van der Waals surface area contributed by atoms with E-state index in [9.17, 15) is 9.59 Å². The van der Waals surface area contributed by atoms with E-state index in [1.807, 2.05) is 0 Å². The lowest BCUT2D eigenvalue weighted by atomic mass is 10.2. The van der Waals surface area contributed by atoms with E-state index >= 15 is 0 Å². The number of hydrogen-bond donors (Lipinski definition) is 1. The second-order valence-electron chi connectivity index (χ2n) is 5.48. The highest BCUT2D eigenvalue weighted by Crippen LogP contribution is 2.07. The van der Waals surface area contributed by atoms with Crippen molar-refractivity contribution in [1.82, 2.24) is 29.1 Å². The Balaban J connectivity index is 1.49. The number of aromatic nitrogens is 6. The number of para-hydroxylation sites is 1. The molecule has 4 aromatic rings. The highest BCUT2D eigenvalue weighted by Gasteiger charge is 2.09. The molecular weight excluding hydrogens is 334 g/mol. The average molecular weight is 347 g/mol. The largest absolute Gasteiger partial charge is 0.322 e. The lowest BCUT2D eigenvalue weighted by Gasteiger charge is -2.08. The highest BCUT2D eigenvalue weighted by atomic mass is 16.2. The molecule has 0 saturated heterocycles. The van der Waals surface area contributed by atoms with Crippen LogP contribution in [0.5, 0.6) is 0 Å². The summed E-state index contributed by atoms with van der Waals surface area (Å²) < 4.78 is 2.91. The minimum Gasteiger partial charge on any atom is -0.322 e. The Morgan fingerprint density at radius 3 is 2.65 bits per heavy atom. The predicted molar refractivity (Wildman–Crippen MR) is 93.8 cm³/mol. The van der Waals surface area contributed by atoms with Crippen LogP contribution in [-0.2, 0) is 11.3 Å². The summed E-state index contributed by atoms with van der Waals surface area (Å²) in [5.41, 5.74) is 0.760. The first-order valence-corrected chi connectivity index (χ1v) is 7.75. The molecule has 4 rings (SSSR count). The van der Waals surface area contributed by atoms with Crippen molar-refractivity contribution in [2.24, 2.45) is 0 Å². The van der Waals surface area contributed by atoms with Gasteiger partial charge in [-0.1, -0.05) is 12.1 Å². The number of imidazole rings is 1. The maximum Gasteiger partial charge on any atom is 0.261 e. The van der Waals surface area contributed by atoms with Crippen molar-refractivity contribution < 1.29 is 4.79 Å². The Morgan fingerprint density at radius 2 is 1.88 bits per heavy atom. The van der Waals surface area contributed by atoms with Crippen LogP contribution in [0.4, 0.5) is 5.69 Å². The molecule has 9 heteroatoms. The smallest absolute Gasteiger partial charge is 0.261 e. The van der Waals surface area contributed by atoms with Crippen LogP contribution in [0.15, 0.2) is 66.5 Å². The zero-order chi connectivity index (χ0) is 17.9. The summed E-state index contributed by atoms with van der Waals surface area (Å²) in [6.45, 7) is -0.153. The molecule has 0 aliphatic heterocycles. The fourth-order valence-corrected chi connectivity index (χ4v) is 2.47. The molecule has 0 saturated carbocycles. The minimum atomic E-state index is -0.372. The Bertz CT molecular complexity index is 1120. The summed E-state index contributed by atoms with van der Waals surface area (Å²) in [6, 6.07) is 7.00. The molecule has 0 aliphatic carbocycles. The number of nitrogens with one attached hydrogen (secondary N) is 1. The monoisotopic (exact) mass is 347 g/mol. The maximum absolute atomic E-state index is 12.4. The third-order valence-corrected chi connectivity index (χ3v) is 3.70. The number of carbonyl (C=O) groups is 1. The summed E-state index contributed by atoms with van der Waals surface area (Å²) in [5.74, 6) is 0.0682. The molecule has 0 aliphatic rings. The Hall–Kier alpha value is -3.88. The molecule has 1 N–H and O–H groups in total. The number of fused-ring (bicyclic) bond motifs is 1. The SMILES string of the molecule is O=C(Cn1cnc2ccccc2c1=O)Nc1cnc(-n2ccnc2)nc1. The van der Waals surface area contributed by atoms with Crippen LogP contribution in [0.25, 0.3) is 16.9 Å². The van der Waals surface area contributed by atoms with Gasteiger partial charge in [-0.15, -0.1) is 0 Å². The molecule has 0 spiro atoms. The highest BCUT2D eigenvalue weighted by molar-refractivity contribution is 5.90. The lowest BCUT2D eigenvalue weighted by Crippen LogP contribution is -2.28. The molecule has 0 bridgehead atoms. The number of rotatable bonds is 4. The van der Waals surface area contributed by atoms with E-state index in [4.69, 9.17) is 0 Å². The van der Waals surface area contributed by atoms with Crippen LogP contribution < -0.4 is 10.9 Å². The molecule has 1 aromatic carbocycles. The van der Waals surface area contributed by atoms with Crippen LogP contribution in [0, 0.1) is 0 Å². The fraction of sp³-hybridized carbons (Fsp3) is 0.0588. The number of hydrogen-bond acceptors (Lipinski definition) is 6. The number of carbonyl (C=O) groups excluding carboxylic acids is 1. The van der Waals surface area contributed by atoms with Crippen molar-refractivity contribution in [3.8, 4) is 5.95 Å². The lowest BCUT2D eigenvalue weighted by molar-refractivity contribution is -0.116. The molecule has 3 heterocycles. The summed E-state index contributed by atoms with van der Waals surface area (Å²) in [5, 5.41) is 3.13. The van der Waals surface area contributed by atoms with Gasteiger partial charge in [-0.25, -0.2) is 19.9 Å². The van der Waals surface area contributed by atoms with Gasteiger partial charge in [0.05, 0.1) is 35.3 Å². The molecule has 1 amide bonds. The first-order chi connectivity index (χ1) is 12.7. The van der Waals surface area contributed by atoms with Crippen molar-refractivity contribution in [2.45, 2.75) is 6.54 Å². The van der Waals surface area contributed by atoms with Gasteiger partial charge in [0.1, 0.15) is 12.9 Å². The van der Waals surface area contributed by atoms with Crippen LogP contribution in [-0.4, -0.2) is 35.0 Å². The first-order valence-electron chi connectivity index (χ1n) is 7.75. The third kappa shape index (κ3) is 3.05. The summed E-state index contributed by atoms with van der Waals surface area (Å²) >= 11 is 0. The quantitative estimate of drug-likeness (QED) is 0.590. The van der Waals surface area contributed by atoms with E-state index in [0.717, 1.165) is 0 Å². The summed E-state index contributed by atoms with van der Waals surface area (Å²) in [4.78, 5) is 41.0. The van der Waals surface area contributed by atoms with Crippen molar-refractivity contribution in [3.63, 3.8) is 0 Å².